The van der Waals surface area contributed by atoms with Crippen LogP contribution in [0.2, 0.25) is 0 Å². The third-order valence-corrected chi connectivity index (χ3v) is 7.27. The minimum Gasteiger partial charge on any atom is -0.497 e. The lowest BCUT2D eigenvalue weighted by atomic mass is 9.81. The van der Waals surface area contributed by atoms with Gasteiger partial charge in [0, 0.05) is 32.1 Å². The second-order valence-electron chi connectivity index (χ2n) is 8.28. The molecule has 0 radical (unpaired) electrons. The van der Waals surface area contributed by atoms with Gasteiger partial charge in [0.1, 0.15) is 10.6 Å². The summed E-state index contributed by atoms with van der Waals surface area (Å²) in [6.07, 6.45) is 6.75. The SMILES string of the molecule is COc1cccc(CN2CC=CC[C@@H](C3CCN(C(=O)c4scnc4C)CC3)C2=O)c1. The lowest BCUT2D eigenvalue weighted by molar-refractivity contribution is -0.137. The number of carbonyl (C=O) groups excluding carboxylic acids is 2. The number of nitrogens with zero attached hydrogens (tertiary/aromatic N) is 3. The number of allylic oxidation sites excluding steroid dienone is 1. The highest BCUT2D eigenvalue weighted by Crippen LogP contribution is 2.32. The first kappa shape index (κ1) is 21.6. The molecule has 0 saturated carbocycles. The Bertz CT molecular complexity index is 962. The summed E-state index contributed by atoms with van der Waals surface area (Å²) in [4.78, 5) is 35.0. The van der Waals surface area contributed by atoms with Crippen LogP contribution in [0.15, 0.2) is 41.9 Å². The molecule has 6 nitrogen and oxygen atoms in total. The maximum Gasteiger partial charge on any atom is 0.265 e. The number of aryl methyl sites for hydroxylation is 1. The van der Waals surface area contributed by atoms with Gasteiger partial charge < -0.3 is 14.5 Å². The average Bonchev–Trinajstić information content (AvgIpc) is 3.15. The first-order valence-corrected chi connectivity index (χ1v) is 11.7. The zero-order valence-electron chi connectivity index (χ0n) is 18.1. The van der Waals surface area contributed by atoms with Gasteiger partial charge in [-0.1, -0.05) is 24.3 Å². The minimum absolute atomic E-state index is 0.0215. The average molecular weight is 440 g/mol. The molecule has 3 heterocycles. The van der Waals surface area contributed by atoms with E-state index in [1.165, 1.54) is 11.3 Å². The molecular weight excluding hydrogens is 410 g/mol. The lowest BCUT2D eigenvalue weighted by Gasteiger charge is -2.36. The van der Waals surface area contributed by atoms with Crippen molar-refractivity contribution in [2.75, 3.05) is 26.7 Å². The van der Waals surface area contributed by atoms with Crippen molar-refractivity contribution in [3.63, 3.8) is 0 Å². The molecular formula is C24H29N3O3S. The fourth-order valence-corrected chi connectivity index (χ4v) is 5.32. The van der Waals surface area contributed by atoms with Crippen LogP contribution in [0.25, 0.3) is 0 Å². The Kier molecular flexibility index (Phi) is 6.70. The van der Waals surface area contributed by atoms with E-state index in [2.05, 4.69) is 17.1 Å². The number of amides is 2. The molecule has 1 atom stereocenters. The number of likely N-dealkylation sites (tertiary alicyclic amines) is 1. The summed E-state index contributed by atoms with van der Waals surface area (Å²) >= 11 is 1.41. The topological polar surface area (TPSA) is 62.7 Å². The van der Waals surface area contributed by atoms with Crippen molar-refractivity contribution < 1.29 is 14.3 Å². The number of rotatable bonds is 5. The van der Waals surface area contributed by atoms with Gasteiger partial charge in [-0.3, -0.25) is 9.59 Å². The third kappa shape index (κ3) is 4.82. The number of aromatic nitrogens is 1. The number of methoxy groups -OCH3 is 1. The molecule has 1 aromatic carbocycles. The number of carbonyl (C=O) groups is 2. The molecule has 2 aliphatic rings. The highest BCUT2D eigenvalue weighted by atomic mass is 32.1. The number of thiazole rings is 1. The fourth-order valence-electron chi connectivity index (χ4n) is 4.55. The summed E-state index contributed by atoms with van der Waals surface area (Å²) in [6, 6.07) is 7.90. The van der Waals surface area contributed by atoms with Crippen LogP contribution in [0.1, 0.15) is 40.2 Å². The van der Waals surface area contributed by atoms with Crippen LogP contribution in [0.5, 0.6) is 5.75 Å². The van der Waals surface area contributed by atoms with Gasteiger partial charge in [-0.15, -0.1) is 11.3 Å². The van der Waals surface area contributed by atoms with E-state index in [0.29, 0.717) is 32.1 Å². The van der Waals surface area contributed by atoms with E-state index < -0.39 is 0 Å². The van der Waals surface area contributed by atoms with Crippen LogP contribution in [-0.2, 0) is 11.3 Å². The van der Waals surface area contributed by atoms with Gasteiger partial charge in [0.05, 0.1) is 18.3 Å². The number of hydrogen-bond donors (Lipinski definition) is 0. The molecule has 2 aromatic rings. The number of hydrogen-bond acceptors (Lipinski definition) is 5. The second kappa shape index (κ2) is 9.64. The van der Waals surface area contributed by atoms with Crippen molar-refractivity contribution in [2.45, 2.75) is 32.7 Å². The van der Waals surface area contributed by atoms with Gasteiger partial charge in [-0.05, 0) is 49.8 Å². The molecule has 0 N–H and O–H groups in total. The predicted octanol–water partition coefficient (Wildman–Crippen LogP) is 3.92. The van der Waals surface area contributed by atoms with E-state index in [1.807, 2.05) is 41.0 Å². The molecule has 2 amide bonds. The summed E-state index contributed by atoms with van der Waals surface area (Å²) < 4.78 is 5.32. The van der Waals surface area contributed by atoms with Crippen molar-refractivity contribution in [2.24, 2.45) is 11.8 Å². The highest BCUT2D eigenvalue weighted by Gasteiger charge is 2.35. The van der Waals surface area contributed by atoms with Crippen molar-refractivity contribution in [1.82, 2.24) is 14.8 Å². The molecule has 31 heavy (non-hydrogen) atoms. The maximum absolute atomic E-state index is 13.4. The van der Waals surface area contributed by atoms with Crippen molar-refractivity contribution in [1.29, 1.82) is 0 Å². The second-order valence-corrected chi connectivity index (χ2v) is 9.14. The fraction of sp³-hybridized carbons (Fsp3) is 0.458. The molecule has 2 aliphatic heterocycles. The Morgan fingerprint density at radius 3 is 2.77 bits per heavy atom. The summed E-state index contributed by atoms with van der Waals surface area (Å²) in [7, 11) is 1.66. The van der Waals surface area contributed by atoms with Gasteiger partial charge in [-0.25, -0.2) is 4.98 Å². The van der Waals surface area contributed by atoms with Crippen LogP contribution >= 0.6 is 11.3 Å². The molecule has 1 aromatic heterocycles. The molecule has 4 rings (SSSR count). The van der Waals surface area contributed by atoms with E-state index in [-0.39, 0.29) is 17.7 Å². The standard InChI is InChI=1S/C24H29N3O3S/c1-17-22(31-16-25-17)24(29)26-12-9-19(10-13-26)21-8-3-4-11-27(23(21)28)15-18-6-5-7-20(14-18)30-2/h3-7,14,16,19,21H,8-13,15H2,1-2H3/t21-/m0/s1. The Labute approximate surface area is 187 Å². The Morgan fingerprint density at radius 1 is 1.26 bits per heavy atom. The van der Waals surface area contributed by atoms with Gasteiger partial charge in [-0.2, -0.15) is 0 Å². The maximum atomic E-state index is 13.4. The molecule has 1 fully saturated rings. The van der Waals surface area contributed by atoms with Crippen LogP contribution in [-0.4, -0.2) is 53.3 Å². The lowest BCUT2D eigenvalue weighted by Crippen LogP contribution is -2.44. The smallest absolute Gasteiger partial charge is 0.265 e. The van der Waals surface area contributed by atoms with Crippen molar-refractivity contribution in [3.05, 3.63) is 58.1 Å². The van der Waals surface area contributed by atoms with E-state index in [4.69, 9.17) is 4.74 Å². The van der Waals surface area contributed by atoms with E-state index >= 15 is 0 Å². The van der Waals surface area contributed by atoms with E-state index in [0.717, 1.165) is 41.1 Å². The quantitative estimate of drug-likeness (QED) is 0.663. The third-order valence-electron chi connectivity index (χ3n) is 6.35. The molecule has 164 valence electrons. The Hall–Kier alpha value is -2.67. The van der Waals surface area contributed by atoms with Gasteiger partial charge in [0.25, 0.3) is 5.91 Å². The molecule has 0 bridgehead atoms. The van der Waals surface area contributed by atoms with Crippen LogP contribution in [0.4, 0.5) is 0 Å². The van der Waals surface area contributed by atoms with E-state index in [1.54, 1.807) is 12.6 Å². The number of benzene rings is 1. The first-order chi connectivity index (χ1) is 15.1. The van der Waals surface area contributed by atoms with Gasteiger partial charge in [0.2, 0.25) is 5.91 Å². The van der Waals surface area contributed by atoms with Crippen LogP contribution < -0.4 is 4.74 Å². The summed E-state index contributed by atoms with van der Waals surface area (Å²) in [5.74, 6) is 1.38. The van der Waals surface area contributed by atoms with Crippen molar-refractivity contribution in [3.8, 4) is 5.75 Å². The minimum atomic E-state index is -0.0215. The van der Waals surface area contributed by atoms with Crippen LogP contribution in [0.3, 0.4) is 0 Å². The van der Waals surface area contributed by atoms with Gasteiger partial charge >= 0.3 is 0 Å². The first-order valence-electron chi connectivity index (χ1n) is 10.8. The zero-order valence-corrected chi connectivity index (χ0v) is 18.9. The Balaban J connectivity index is 1.40. The summed E-state index contributed by atoms with van der Waals surface area (Å²) in [5, 5.41) is 0. The summed E-state index contributed by atoms with van der Waals surface area (Å²) in [6.45, 7) is 4.49. The monoisotopic (exact) mass is 439 g/mol. The molecule has 0 unspecified atom stereocenters. The highest BCUT2D eigenvalue weighted by molar-refractivity contribution is 7.11. The molecule has 0 spiro atoms. The van der Waals surface area contributed by atoms with E-state index in [9.17, 15) is 9.59 Å². The largest absolute Gasteiger partial charge is 0.497 e. The molecule has 7 heteroatoms. The number of piperidine rings is 1. The van der Waals surface area contributed by atoms with Crippen molar-refractivity contribution >= 4 is 23.2 Å². The molecule has 1 saturated heterocycles. The van der Waals surface area contributed by atoms with Gasteiger partial charge in [0.15, 0.2) is 0 Å². The number of ether oxygens (including phenoxy) is 1. The molecule has 0 aliphatic carbocycles. The summed E-state index contributed by atoms with van der Waals surface area (Å²) in [5.41, 5.74) is 3.60. The van der Waals surface area contributed by atoms with Crippen LogP contribution in [0, 0.1) is 18.8 Å². The zero-order chi connectivity index (χ0) is 21.8. The normalized spacial score (nSPS) is 20.1. The Morgan fingerprint density at radius 2 is 2.06 bits per heavy atom. The predicted molar refractivity (Wildman–Crippen MR) is 121 cm³/mol.